The predicted molar refractivity (Wildman–Crippen MR) is 52.2 cm³/mol. The van der Waals surface area contributed by atoms with E-state index in [1.54, 1.807) is 0 Å². The molecule has 1 aliphatic rings. The standard InChI is InChI=1S/C9H17N3O2/c1-6(2)9(3)11-7(13)5-12(9)8(14)4-10/h6H,4-5,10H2,1-3H3,(H,11,13). The van der Waals surface area contributed by atoms with Crippen molar-refractivity contribution < 1.29 is 9.59 Å². The maximum Gasteiger partial charge on any atom is 0.241 e. The minimum Gasteiger partial charge on any atom is -0.332 e. The zero-order valence-corrected chi connectivity index (χ0v) is 8.83. The summed E-state index contributed by atoms with van der Waals surface area (Å²) in [6, 6.07) is 0. The van der Waals surface area contributed by atoms with E-state index in [9.17, 15) is 9.59 Å². The summed E-state index contributed by atoms with van der Waals surface area (Å²) in [6.07, 6.45) is 0. The van der Waals surface area contributed by atoms with Crippen molar-refractivity contribution in [3.8, 4) is 0 Å². The molecule has 80 valence electrons. The summed E-state index contributed by atoms with van der Waals surface area (Å²) < 4.78 is 0. The minimum absolute atomic E-state index is 0.0583. The van der Waals surface area contributed by atoms with Crippen molar-refractivity contribution in [2.24, 2.45) is 11.7 Å². The lowest BCUT2D eigenvalue weighted by Gasteiger charge is -2.37. The highest BCUT2D eigenvalue weighted by Gasteiger charge is 2.45. The number of carbonyl (C=O) groups excluding carboxylic acids is 2. The Balaban J connectivity index is 2.93. The van der Waals surface area contributed by atoms with Crippen LogP contribution in [0.4, 0.5) is 0 Å². The molecule has 0 aromatic heterocycles. The summed E-state index contributed by atoms with van der Waals surface area (Å²) >= 11 is 0. The molecule has 2 amide bonds. The number of nitrogens with two attached hydrogens (primary N) is 1. The van der Waals surface area contributed by atoms with Crippen LogP contribution in [0.25, 0.3) is 0 Å². The van der Waals surface area contributed by atoms with Crippen LogP contribution in [0.3, 0.4) is 0 Å². The van der Waals surface area contributed by atoms with Gasteiger partial charge in [-0.05, 0) is 12.8 Å². The van der Waals surface area contributed by atoms with Crippen molar-refractivity contribution in [1.29, 1.82) is 0 Å². The molecule has 0 radical (unpaired) electrons. The molecular weight excluding hydrogens is 182 g/mol. The molecule has 5 heteroatoms. The van der Waals surface area contributed by atoms with Gasteiger partial charge in [0.25, 0.3) is 0 Å². The van der Waals surface area contributed by atoms with E-state index in [-0.39, 0.29) is 30.8 Å². The third kappa shape index (κ3) is 1.59. The van der Waals surface area contributed by atoms with Crippen LogP contribution in [-0.2, 0) is 9.59 Å². The zero-order chi connectivity index (χ0) is 10.9. The zero-order valence-electron chi connectivity index (χ0n) is 8.83. The molecule has 1 saturated heterocycles. The first-order valence-corrected chi connectivity index (χ1v) is 4.73. The number of hydrogen-bond donors (Lipinski definition) is 2. The van der Waals surface area contributed by atoms with Crippen molar-refractivity contribution in [3.05, 3.63) is 0 Å². The number of hydrogen-bond acceptors (Lipinski definition) is 3. The normalized spacial score (nSPS) is 26.9. The summed E-state index contributed by atoms with van der Waals surface area (Å²) in [4.78, 5) is 24.3. The Bertz CT molecular complexity index is 265. The van der Waals surface area contributed by atoms with Gasteiger partial charge in [-0.2, -0.15) is 0 Å². The highest BCUT2D eigenvalue weighted by atomic mass is 16.2. The smallest absolute Gasteiger partial charge is 0.241 e. The van der Waals surface area contributed by atoms with E-state index in [0.717, 1.165) is 0 Å². The van der Waals surface area contributed by atoms with Gasteiger partial charge in [0.2, 0.25) is 11.8 Å². The molecule has 1 heterocycles. The van der Waals surface area contributed by atoms with Crippen LogP contribution in [0.15, 0.2) is 0 Å². The molecule has 0 spiro atoms. The van der Waals surface area contributed by atoms with Crippen molar-refractivity contribution in [2.75, 3.05) is 13.1 Å². The SMILES string of the molecule is CC(C)C1(C)NC(=O)CN1C(=O)CN. The third-order valence-electron chi connectivity index (χ3n) is 2.85. The summed E-state index contributed by atoms with van der Waals surface area (Å²) in [6.45, 7) is 5.82. The van der Waals surface area contributed by atoms with E-state index in [4.69, 9.17) is 5.73 Å². The minimum atomic E-state index is -0.590. The lowest BCUT2D eigenvalue weighted by molar-refractivity contribution is -0.135. The Morgan fingerprint density at radius 3 is 2.71 bits per heavy atom. The van der Waals surface area contributed by atoms with Gasteiger partial charge in [-0.25, -0.2) is 0 Å². The van der Waals surface area contributed by atoms with Crippen LogP contribution in [0.2, 0.25) is 0 Å². The molecule has 1 rings (SSSR count). The van der Waals surface area contributed by atoms with Gasteiger partial charge in [-0.3, -0.25) is 9.59 Å². The van der Waals surface area contributed by atoms with Gasteiger partial charge in [-0.1, -0.05) is 13.8 Å². The highest BCUT2D eigenvalue weighted by molar-refractivity contribution is 5.90. The maximum atomic E-state index is 11.5. The van der Waals surface area contributed by atoms with Gasteiger partial charge in [-0.15, -0.1) is 0 Å². The van der Waals surface area contributed by atoms with Gasteiger partial charge in [0, 0.05) is 0 Å². The molecule has 0 bridgehead atoms. The molecule has 1 unspecified atom stereocenters. The largest absolute Gasteiger partial charge is 0.332 e. The monoisotopic (exact) mass is 199 g/mol. The van der Waals surface area contributed by atoms with E-state index in [1.165, 1.54) is 4.90 Å². The van der Waals surface area contributed by atoms with Gasteiger partial charge in [0.1, 0.15) is 12.2 Å². The molecule has 5 nitrogen and oxygen atoms in total. The molecule has 1 fully saturated rings. The van der Waals surface area contributed by atoms with Crippen molar-refractivity contribution in [2.45, 2.75) is 26.4 Å². The van der Waals surface area contributed by atoms with Crippen LogP contribution in [0.1, 0.15) is 20.8 Å². The van der Waals surface area contributed by atoms with Gasteiger partial charge < -0.3 is 16.0 Å². The Labute approximate surface area is 83.6 Å². The summed E-state index contributed by atoms with van der Waals surface area (Å²) in [7, 11) is 0. The molecule has 0 aliphatic carbocycles. The van der Waals surface area contributed by atoms with Gasteiger partial charge in [0.15, 0.2) is 0 Å². The quantitative estimate of drug-likeness (QED) is 0.616. The average Bonchev–Trinajstić information content (AvgIpc) is 2.42. The van der Waals surface area contributed by atoms with Crippen molar-refractivity contribution in [3.63, 3.8) is 0 Å². The molecule has 0 aromatic carbocycles. The molecule has 14 heavy (non-hydrogen) atoms. The number of amides is 2. The maximum absolute atomic E-state index is 11.5. The van der Waals surface area contributed by atoms with E-state index in [0.29, 0.717) is 0 Å². The number of carbonyl (C=O) groups is 2. The number of nitrogens with one attached hydrogen (secondary N) is 1. The van der Waals surface area contributed by atoms with Gasteiger partial charge >= 0.3 is 0 Å². The second-order valence-corrected chi connectivity index (χ2v) is 4.03. The van der Waals surface area contributed by atoms with Crippen LogP contribution < -0.4 is 11.1 Å². The molecule has 1 aliphatic heterocycles. The summed E-state index contributed by atoms with van der Waals surface area (Å²) in [5.74, 6) is -0.160. The van der Waals surface area contributed by atoms with Crippen LogP contribution in [-0.4, -0.2) is 35.5 Å². The first-order chi connectivity index (χ1) is 6.41. The van der Waals surface area contributed by atoms with Crippen molar-refractivity contribution >= 4 is 11.8 Å². The van der Waals surface area contributed by atoms with Crippen LogP contribution in [0.5, 0.6) is 0 Å². The third-order valence-corrected chi connectivity index (χ3v) is 2.85. The number of rotatable bonds is 2. The average molecular weight is 199 g/mol. The predicted octanol–water partition coefficient (Wildman–Crippen LogP) is -0.724. The lowest BCUT2D eigenvalue weighted by Crippen LogP contribution is -2.56. The van der Waals surface area contributed by atoms with E-state index < -0.39 is 5.66 Å². The Hall–Kier alpha value is -1.10. The van der Waals surface area contributed by atoms with Crippen molar-refractivity contribution in [1.82, 2.24) is 10.2 Å². The fourth-order valence-electron chi connectivity index (χ4n) is 1.61. The second-order valence-electron chi connectivity index (χ2n) is 4.03. The first kappa shape index (κ1) is 11.0. The first-order valence-electron chi connectivity index (χ1n) is 4.73. The lowest BCUT2D eigenvalue weighted by atomic mass is 9.97. The second kappa shape index (κ2) is 3.57. The highest BCUT2D eigenvalue weighted by Crippen LogP contribution is 2.25. The molecule has 1 atom stereocenters. The Morgan fingerprint density at radius 2 is 2.29 bits per heavy atom. The molecule has 0 saturated carbocycles. The Kier molecular flexibility index (Phi) is 2.80. The molecule has 0 aromatic rings. The van der Waals surface area contributed by atoms with E-state index >= 15 is 0 Å². The fourth-order valence-corrected chi connectivity index (χ4v) is 1.61. The Morgan fingerprint density at radius 1 is 1.71 bits per heavy atom. The molecule has 3 N–H and O–H groups in total. The van der Waals surface area contributed by atoms with E-state index in [2.05, 4.69) is 5.32 Å². The van der Waals surface area contributed by atoms with Gasteiger partial charge in [0.05, 0.1) is 6.54 Å². The van der Waals surface area contributed by atoms with Crippen LogP contribution in [0, 0.1) is 5.92 Å². The topological polar surface area (TPSA) is 75.4 Å². The fraction of sp³-hybridized carbons (Fsp3) is 0.778. The van der Waals surface area contributed by atoms with E-state index in [1.807, 2.05) is 20.8 Å². The summed E-state index contributed by atoms with van der Waals surface area (Å²) in [5, 5.41) is 2.81. The van der Waals surface area contributed by atoms with Crippen LogP contribution >= 0.6 is 0 Å². The summed E-state index contributed by atoms with van der Waals surface area (Å²) in [5.41, 5.74) is 4.70. The number of nitrogens with zero attached hydrogens (tertiary/aromatic N) is 1. The molecular formula is C9H17N3O2.